The minimum atomic E-state index is 1.03. The Labute approximate surface area is 140 Å². The Bertz CT molecular complexity index is 588. The fourth-order valence-corrected chi connectivity index (χ4v) is 3.41. The number of likely N-dealkylation sites (tertiary alicyclic amines) is 1. The smallest absolute Gasteiger partial charge is 0.0237 e. The van der Waals surface area contributed by atoms with Gasteiger partial charge in [0.2, 0.25) is 0 Å². The summed E-state index contributed by atoms with van der Waals surface area (Å²) < 4.78 is 0. The van der Waals surface area contributed by atoms with E-state index in [1.165, 1.54) is 49.2 Å². The summed E-state index contributed by atoms with van der Waals surface area (Å²) in [7, 11) is 0. The number of hydrogen-bond donors (Lipinski definition) is 0. The molecule has 0 radical (unpaired) electrons. The van der Waals surface area contributed by atoms with E-state index in [0.29, 0.717) is 0 Å². The molecular weight excluding hydrogens is 280 g/mol. The molecular formula is C21H28N2. The van der Waals surface area contributed by atoms with Crippen molar-refractivity contribution in [3.63, 3.8) is 0 Å². The molecule has 2 aromatic rings. The SMILES string of the molecule is Cc1cccc(CN(CCN2CCCC2)Cc2ccccc2)c1. The van der Waals surface area contributed by atoms with E-state index in [1.54, 1.807) is 0 Å². The number of nitrogens with zero attached hydrogens (tertiary/aromatic N) is 2. The molecule has 0 atom stereocenters. The van der Waals surface area contributed by atoms with Crippen LogP contribution < -0.4 is 0 Å². The molecule has 2 aromatic carbocycles. The van der Waals surface area contributed by atoms with Crippen LogP contribution in [0.3, 0.4) is 0 Å². The van der Waals surface area contributed by atoms with Crippen molar-refractivity contribution in [2.75, 3.05) is 26.2 Å². The van der Waals surface area contributed by atoms with Crippen LogP contribution in [0.1, 0.15) is 29.5 Å². The zero-order valence-electron chi connectivity index (χ0n) is 14.2. The van der Waals surface area contributed by atoms with Crippen LogP contribution in [0.4, 0.5) is 0 Å². The molecule has 0 bridgehead atoms. The minimum Gasteiger partial charge on any atom is -0.302 e. The second-order valence-electron chi connectivity index (χ2n) is 6.73. The van der Waals surface area contributed by atoms with Crippen LogP contribution in [0, 0.1) is 6.92 Å². The molecule has 0 N–H and O–H groups in total. The van der Waals surface area contributed by atoms with E-state index in [2.05, 4.69) is 71.3 Å². The van der Waals surface area contributed by atoms with Gasteiger partial charge in [0.25, 0.3) is 0 Å². The molecule has 0 unspecified atom stereocenters. The van der Waals surface area contributed by atoms with Gasteiger partial charge in [0, 0.05) is 26.2 Å². The zero-order valence-corrected chi connectivity index (χ0v) is 14.2. The van der Waals surface area contributed by atoms with Crippen LogP contribution in [-0.2, 0) is 13.1 Å². The lowest BCUT2D eigenvalue weighted by molar-refractivity contribution is 0.212. The van der Waals surface area contributed by atoms with Crippen LogP contribution in [0.25, 0.3) is 0 Å². The van der Waals surface area contributed by atoms with Crippen molar-refractivity contribution < 1.29 is 0 Å². The Kier molecular flexibility index (Phi) is 5.84. The van der Waals surface area contributed by atoms with Crippen molar-refractivity contribution in [3.05, 3.63) is 71.3 Å². The average molecular weight is 308 g/mol. The van der Waals surface area contributed by atoms with Crippen molar-refractivity contribution >= 4 is 0 Å². The molecule has 122 valence electrons. The molecule has 1 saturated heterocycles. The third-order valence-electron chi connectivity index (χ3n) is 4.67. The third-order valence-corrected chi connectivity index (χ3v) is 4.67. The van der Waals surface area contributed by atoms with Crippen LogP contribution in [-0.4, -0.2) is 36.0 Å². The van der Waals surface area contributed by atoms with E-state index < -0.39 is 0 Å². The second kappa shape index (κ2) is 8.28. The lowest BCUT2D eigenvalue weighted by Gasteiger charge is -2.25. The van der Waals surface area contributed by atoms with E-state index >= 15 is 0 Å². The van der Waals surface area contributed by atoms with Crippen molar-refractivity contribution in [1.29, 1.82) is 0 Å². The van der Waals surface area contributed by atoms with Gasteiger partial charge in [0.15, 0.2) is 0 Å². The maximum atomic E-state index is 2.61. The topological polar surface area (TPSA) is 6.48 Å². The van der Waals surface area contributed by atoms with Gasteiger partial charge in [0.05, 0.1) is 0 Å². The summed E-state index contributed by atoms with van der Waals surface area (Å²) in [4.78, 5) is 5.19. The Morgan fingerprint density at radius 1 is 0.870 bits per heavy atom. The summed E-state index contributed by atoms with van der Waals surface area (Å²) in [5.41, 5.74) is 4.17. The van der Waals surface area contributed by atoms with Gasteiger partial charge in [-0.3, -0.25) is 4.90 Å². The highest BCUT2D eigenvalue weighted by atomic mass is 15.2. The Hall–Kier alpha value is -1.64. The van der Waals surface area contributed by atoms with E-state index in [9.17, 15) is 0 Å². The molecule has 3 rings (SSSR count). The van der Waals surface area contributed by atoms with Gasteiger partial charge in [-0.05, 0) is 44.0 Å². The fraction of sp³-hybridized carbons (Fsp3) is 0.429. The predicted octanol–water partition coefficient (Wildman–Crippen LogP) is 4.09. The first kappa shape index (κ1) is 16.2. The molecule has 1 heterocycles. The Balaban J connectivity index is 1.64. The molecule has 23 heavy (non-hydrogen) atoms. The average Bonchev–Trinajstić information content (AvgIpc) is 3.07. The quantitative estimate of drug-likeness (QED) is 0.760. The van der Waals surface area contributed by atoms with Gasteiger partial charge in [-0.1, -0.05) is 60.2 Å². The fourth-order valence-electron chi connectivity index (χ4n) is 3.41. The number of hydrogen-bond acceptors (Lipinski definition) is 2. The molecule has 0 aliphatic carbocycles. The number of benzene rings is 2. The van der Waals surface area contributed by atoms with Crippen molar-refractivity contribution in [1.82, 2.24) is 9.80 Å². The first-order valence-electron chi connectivity index (χ1n) is 8.84. The van der Waals surface area contributed by atoms with Crippen LogP contribution >= 0.6 is 0 Å². The monoisotopic (exact) mass is 308 g/mol. The molecule has 0 aromatic heterocycles. The molecule has 1 fully saturated rings. The third kappa shape index (κ3) is 5.19. The van der Waals surface area contributed by atoms with Crippen molar-refractivity contribution in [3.8, 4) is 0 Å². The van der Waals surface area contributed by atoms with Gasteiger partial charge in [-0.15, -0.1) is 0 Å². The molecule has 1 aliphatic rings. The summed E-state index contributed by atoms with van der Waals surface area (Å²) >= 11 is 0. The lowest BCUT2D eigenvalue weighted by atomic mass is 10.1. The number of aryl methyl sites for hydroxylation is 1. The van der Waals surface area contributed by atoms with E-state index in [0.717, 1.165) is 19.6 Å². The molecule has 2 nitrogen and oxygen atoms in total. The normalized spacial score (nSPS) is 15.4. The second-order valence-corrected chi connectivity index (χ2v) is 6.73. The largest absolute Gasteiger partial charge is 0.302 e. The van der Waals surface area contributed by atoms with Gasteiger partial charge in [-0.2, -0.15) is 0 Å². The number of rotatable bonds is 7. The highest BCUT2D eigenvalue weighted by Gasteiger charge is 2.14. The minimum absolute atomic E-state index is 1.03. The summed E-state index contributed by atoms with van der Waals surface area (Å²) in [5.74, 6) is 0. The molecule has 0 saturated carbocycles. The summed E-state index contributed by atoms with van der Waals surface area (Å²) in [6.45, 7) is 9.14. The highest BCUT2D eigenvalue weighted by molar-refractivity contribution is 5.22. The van der Waals surface area contributed by atoms with Crippen molar-refractivity contribution in [2.24, 2.45) is 0 Å². The first-order chi connectivity index (χ1) is 11.3. The maximum Gasteiger partial charge on any atom is 0.0237 e. The van der Waals surface area contributed by atoms with Gasteiger partial charge >= 0.3 is 0 Å². The maximum absolute atomic E-state index is 2.61. The van der Waals surface area contributed by atoms with Gasteiger partial charge in [-0.25, -0.2) is 0 Å². The molecule has 0 spiro atoms. The van der Waals surface area contributed by atoms with Crippen LogP contribution in [0.15, 0.2) is 54.6 Å². The van der Waals surface area contributed by atoms with Crippen LogP contribution in [0.5, 0.6) is 0 Å². The standard InChI is InChI=1S/C21H28N2/c1-19-8-7-11-21(16-19)18-23(15-14-22-12-5-6-13-22)17-20-9-3-2-4-10-20/h2-4,7-11,16H,5-6,12-15,17-18H2,1H3. The summed E-state index contributed by atoms with van der Waals surface area (Å²) in [5, 5.41) is 0. The molecule has 2 heteroatoms. The Morgan fingerprint density at radius 2 is 1.57 bits per heavy atom. The van der Waals surface area contributed by atoms with Gasteiger partial charge in [0.1, 0.15) is 0 Å². The highest BCUT2D eigenvalue weighted by Crippen LogP contribution is 2.13. The summed E-state index contributed by atoms with van der Waals surface area (Å²) in [6, 6.07) is 19.8. The molecule has 1 aliphatic heterocycles. The predicted molar refractivity (Wildman–Crippen MR) is 97.4 cm³/mol. The molecule has 0 amide bonds. The van der Waals surface area contributed by atoms with E-state index in [4.69, 9.17) is 0 Å². The van der Waals surface area contributed by atoms with E-state index in [-0.39, 0.29) is 0 Å². The zero-order chi connectivity index (χ0) is 15.9. The van der Waals surface area contributed by atoms with Crippen molar-refractivity contribution in [2.45, 2.75) is 32.9 Å². The lowest BCUT2D eigenvalue weighted by Crippen LogP contribution is -2.33. The van der Waals surface area contributed by atoms with E-state index in [1.807, 2.05) is 0 Å². The Morgan fingerprint density at radius 3 is 2.30 bits per heavy atom. The van der Waals surface area contributed by atoms with Gasteiger partial charge < -0.3 is 4.90 Å². The summed E-state index contributed by atoms with van der Waals surface area (Å²) in [6.07, 6.45) is 2.74. The first-order valence-corrected chi connectivity index (χ1v) is 8.84. The van der Waals surface area contributed by atoms with Crippen LogP contribution in [0.2, 0.25) is 0 Å².